The van der Waals surface area contributed by atoms with Crippen molar-refractivity contribution >= 4 is 23.5 Å². The van der Waals surface area contributed by atoms with Gasteiger partial charge in [0.15, 0.2) is 5.41 Å². The molecule has 0 radical (unpaired) electrons. The lowest BCUT2D eigenvalue weighted by Crippen LogP contribution is -2.43. The second-order valence-electron chi connectivity index (χ2n) is 5.00. The third-order valence-corrected chi connectivity index (χ3v) is 3.97. The molecule has 0 aliphatic rings. The van der Waals surface area contributed by atoms with Crippen LogP contribution < -0.4 is 0 Å². The van der Waals surface area contributed by atoms with Crippen LogP contribution in [0.4, 0.5) is 0 Å². The molecular formula is C14H21ClN2O4. The Labute approximate surface area is 129 Å². The van der Waals surface area contributed by atoms with Crippen LogP contribution in [0.1, 0.15) is 38.1 Å². The highest BCUT2D eigenvalue weighted by atomic mass is 35.5. The zero-order valence-corrected chi connectivity index (χ0v) is 13.5. The Morgan fingerprint density at radius 3 is 2.43 bits per heavy atom. The van der Waals surface area contributed by atoms with Crippen LogP contribution in [-0.2, 0) is 27.8 Å². The van der Waals surface area contributed by atoms with E-state index in [9.17, 15) is 14.7 Å². The molecular weight excluding hydrogens is 296 g/mol. The van der Waals surface area contributed by atoms with Gasteiger partial charge in [-0.3, -0.25) is 14.3 Å². The number of hydrogen-bond donors (Lipinski definition) is 1. The number of hydrogen-bond acceptors (Lipinski definition) is 4. The summed E-state index contributed by atoms with van der Waals surface area (Å²) in [7, 11) is 1.68. The summed E-state index contributed by atoms with van der Waals surface area (Å²) in [5.74, 6) is -1.92. The van der Waals surface area contributed by atoms with E-state index in [1.54, 1.807) is 20.9 Å². The van der Waals surface area contributed by atoms with E-state index in [0.29, 0.717) is 22.8 Å². The average Bonchev–Trinajstić information content (AvgIpc) is 2.64. The number of carboxylic acid groups (broad SMARTS) is 1. The van der Waals surface area contributed by atoms with Gasteiger partial charge in [-0.2, -0.15) is 5.10 Å². The van der Waals surface area contributed by atoms with E-state index in [1.165, 1.54) is 4.68 Å². The van der Waals surface area contributed by atoms with Crippen molar-refractivity contribution < 1.29 is 19.4 Å². The van der Waals surface area contributed by atoms with Crippen LogP contribution >= 0.6 is 11.6 Å². The van der Waals surface area contributed by atoms with E-state index in [2.05, 4.69) is 5.10 Å². The molecule has 118 valence electrons. The Bertz CT molecular complexity index is 541. The van der Waals surface area contributed by atoms with Crippen molar-refractivity contribution in [2.45, 2.75) is 40.0 Å². The van der Waals surface area contributed by atoms with Gasteiger partial charge in [-0.1, -0.05) is 24.9 Å². The number of nitrogens with zero attached hydrogens (tertiary/aromatic N) is 2. The number of halogens is 1. The Morgan fingerprint density at radius 2 is 2.05 bits per heavy atom. The number of aryl methyl sites for hydroxylation is 2. The van der Waals surface area contributed by atoms with E-state index in [-0.39, 0.29) is 19.4 Å². The first-order valence-electron chi connectivity index (χ1n) is 6.88. The minimum absolute atomic E-state index is 0.0365. The van der Waals surface area contributed by atoms with Crippen molar-refractivity contribution in [3.8, 4) is 0 Å². The average molecular weight is 317 g/mol. The number of aliphatic carboxylic acids is 1. The van der Waals surface area contributed by atoms with Crippen molar-refractivity contribution in [1.29, 1.82) is 0 Å². The van der Waals surface area contributed by atoms with E-state index in [1.807, 2.05) is 6.92 Å². The first-order chi connectivity index (χ1) is 9.80. The van der Waals surface area contributed by atoms with Crippen molar-refractivity contribution in [3.05, 3.63) is 16.4 Å². The summed E-state index contributed by atoms with van der Waals surface area (Å²) in [6.45, 7) is 5.35. The number of rotatable bonds is 7. The molecule has 0 amide bonds. The van der Waals surface area contributed by atoms with Crippen LogP contribution in [0, 0.1) is 12.3 Å². The second kappa shape index (κ2) is 6.93. The maximum absolute atomic E-state index is 12.3. The number of ether oxygens (including phenoxy) is 1. The van der Waals surface area contributed by atoms with Crippen LogP contribution in [0.15, 0.2) is 0 Å². The maximum atomic E-state index is 12.3. The highest BCUT2D eigenvalue weighted by Gasteiger charge is 2.48. The zero-order valence-electron chi connectivity index (χ0n) is 12.8. The normalized spacial score (nSPS) is 13.8. The summed E-state index contributed by atoms with van der Waals surface area (Å²) in [4.78, 5) is 24.0. The Morgan fingerprint density at radius 1 is 1.43 bits per heavy atom. The van der Waals surface area contributed by atoms with Crippen molar-refractivity contribution in [1.82, 2.24) is 9.78 Å². The highest BCUT2D eigenvalue weighted by Crippen LogP contribution is 2.34. The van der Waals surface area contributed by atoms with E-state index in [0.717, 1.165) is 0 Å². The molecule has 1 heterocycles. The predicted octanol–water partition coefficient (Wildman–Crippen LogP) is 2.36. The molecule has 0 aromatic carbocycles. The van der Waals surface area contributed by atoms with Crippen molar-refractivity contribution in [3.63, 3.8) is 0 Å². The lowest BCUT2D eigenvalue weighted by atomic mass is 9.79. The number of carbonyl (C=O) groups excluding carboxylic acids is 1. The molecule has 0 aliphatic carbocycles. The topological polar surface area (TPSA) is 81.4 Å². The van der Waals surface area contributed by atoms with Crippen molar-refractivity contribution in [2.75, 3.05) is 6.61 Å². The Kier molecular flexibility index (Phi) is 5.78. The zero-order chi connectivity index (χ0) is 16.2. The summed E-state index contributed by atoms with van der Waals surface area (Å²) in [6.07, 6.45) is 0.687. The van der Waals surface area contributed by atoms with Crippen molar-refractivity contribution in [2.24, 2.45) is 12.5 Å². The van der Waals surface area contributed by atoms with E-state index in [4.69, 9.17) is 16.3 Å². The fraction of sp³-hybridized carbons (Fsp3) is 0.643. The van der Waals surface area contributed by atoms with E-state index < -0.39 is 17.4 Å². The third-order valence-electron chi connectivity index (χ3n) is 3.48. The maximum Gasteiger partial charge on any atom is 0.323 e. The lowest BCUT2D eigenvalue weighted by Gasteiger charge is -2.26. The number of aromatic nitrogens is 2. The summed E-state index contributed by atoms with van der Waals surface area (Å²) in [6, 6.07) is 0. The number of esters is 1. The SMILES string of the molecule is CCCC(Cc1c(Cl)c(C)nn1C)(C(=O)O)C(=O)OCC. The monoisotopic (exact) mass is 316 g/mol. The van der Waals surface area contributed by atoms with Gasteiger partial charge >= 0.3 is 11.9 Å². The molecule has 0 saturated carbocycles. The minimum atomic E-state index is -1.63. The molecule has 0 bridgehead atoms. The second-order valence-corrected chi connectivity index (χ2v) is 5.38. The van der Waals surface area contributed by atoms with Gasteiger partial charge < -0.3 is 9.84 Å². The van der Waals surface area contributed by atoms with Gasteiger partial charge in [0.2, 0.25) is 0 Å². The van der Waals surface area contributed by atoms with Gasteiger partial charge in [-0.05, 0) is 20.3 Å². The standard InChI is InChI=1S/C14H21ClN2O4/c1-5-7-14(12(18)19,13(20)21-6-2)8-10-11(15)9(3)16-17(10)4/h5-8H2,1-4H3,(H,18,19). The summed E-state index contributed by atoms with van der Waals surface area (Å²) in [5, 5.41) is 14.2. The fourth-order valence-electron chi connectivity index (χ4n) is 2.39. The molecule has 0 spiro atoms. The van der Waals surface area contributed by atoms with E-state index >= 15 is 0 Å². The molecule has 6 nitrogen and oxygen atoms in total. The highest BCUT2D eigenvalue weighted by molar-refractivity contribution is 6.31. The van der Waals surface area contributed by atoms with Gasteiger partial charge in [-0.25, -0.2) is 0 Å². The lowest BCUT2D eigenvalue weighted by molar-refractivity contribution is -0.169. The molecule has 1 aromatic rings. The van der Waals surface area contributed by atoms with Gasteiger partial charge in [0.25, 0.3) is 0 Å². The minimum Gasteiger partial charge on any atom is -0.480 e. The van der Waals surface area contributed by atoms with Gasteiger partial charge in [0.1, 0.15) is 0 Å². The molecule has 0 aliphatic heterocycles. The Hall–Kier alpha value is -1.56. The molecule has 21 heavy (non-hydrogen) atoms. The third kappa shape index (κ3) is 3.37. The molecule has 0 fully saturated rings. The largest absolute Gasteiger partial charge is 0.480 e. The summed E-state index contributed by atoms with van der Waals surface area (Å²) >= 11 is 6.18. The molecule has 1 rings (SSSR count). The van der Waals surface area contributed by atoms with Gasteiger partial charge in [0.05, 0.1) is 23.0 Å². The molecule has 1 N–H and O–H groups in total. The van der Waals surface area contributed by atoms with Crippen LogP contribution in [0.2, 0.25) is 5.02 Å². The van der Waals surface area contributed by atoms with Crippen LogP contribution in [0.3, 0.4) is 0 Å². The Balaban J connectivity index is 3.29. The number of carboxylic acids is 1. The van der Waals surface area contributed by atoms with Gasteiger partial charge in [-0.15, -0.1) is 0 Å². The first-order valence-corrected chi connectivity index (χ1v) is 7.26. The number of carbonyl (C=O) groups is 2. The molecule has 0 saturated heterocycles. The van der Waals surface area contributed by atoms with Crippen LogP contribution in [0.5, 0.6) is 0 Å². The smallest absolute Gasteiger partial charge is 0.323 e. The fourth-order valence-corrected chi connectivity index (χ4v) is 2.61. The van der Waals surface area contributed by atoms with Crippen LogP contribution in [-0.4, -0.2) is 33.4 Å². The summed E-state index contributed by atoms with van der Waals surface area (Å²) in [5.41, 5.74) is -0.499. The quantitative estimate of drug-likeness (QED) is 0.617. The molecule has 1 atom stereocenters. The molecule has 1 aromatic heterocycles. The summed E-state index contributed by atoms with van der Waals surface area (Å²) < 4.78 is 6.51. The molecule has 7 heteroatoms. The van der Waals surface area contributed by atoms with Gasteiger partial charge in [0, 0.05) is 13.5 Å². The predicted molar refractivity (Wildman–Crippen MR) is 78.3 cm³/mol. The van der Waals surface area contributed by atoms with Crippen LogP contribution in [0.25, 0.3) is 0 Å². The first kappa shape index (κ1) is 17.5. The molecule has 1 unspecified atom stereocenters.